The number of hydrogen-bond acceptors (Lipinski definition) is 4. The number of nitrogens with two attached hydrogens (primary N) is 1. The van der Waals surface area contributed by atoms with E-state index < -0.39 is 11.7 Å². The summed E-state index contributed by atoms with van der Waals surface area (Å²) >= 11 is 0. The highest BCUT2D eigenvalue weighted by Gasteiger charge is 2.25. The first-order valence-corrected chi connectivity index (χ1v) is 6.62. The lowest BCUT2D eigenvalue weighted by atomic mass is 10.2. The Hall–Kier alpha value is -2.63. The van der Waals surface area contributed by atoms with E-state index in [0.29, 0.717) is 31.0 Å². The Morgan fingerprint density at radius 2 is 2.14 bits per heavy atom. The first-order chi connectivity index (χ1) is 10.2. The molecule has 2 aromatic rings. The fourth-order valence-corrected chi connectivity index (χ4v) is 2.31. The van der Waals surface area contributed by atoms with Crippen LogP contribution in [0.1, 0.15) is 16.8 Å². The van der Waals surface area contributed by atoms with Crippen LogP contribution in [0.5, 0.6) is 5.75 Å². The van der Waals surface area contributed by atoms with Gasteiger partial charge in [-0.05, 0) is 24.6 Å². The number of para-hydroxylation sites is 2. The van der Waals surface area contributed by atoms with Gasteiger partial charge in [-0.15, -0.1) is 0 Å². The summed E-state index contributed by atoms with van der Waals surface area (Å²) in [4.78, 5) is 17.8. The van der Waals surface area contributed by atoms with Gasteiger partial charge in [-0.25, -0.2) is 9.37 Å². The Labute approximate surface area is 121 Å². The molecular weight excluding hydrogens is 273 g/mol. The number of carbonyl (C=O) groups excluding carboxylic acids is 1. The Morgan fingerprint density at radius 1 is 1.33 bits per heavy atom. The van der Waals surface area contributed by atoms with Gasteiger partial charge in [-0.2, -0.15) is 0 Å². The number of aromatic nitrogens is 1. The molecule has 1 aliphatic rings. The van der Waals surface area contributed by atoms with Crippen molar-refractivity contribution in [3.8, 4) is 5.75 Å². The normalized spacial score (nSPS) is 14.0. The lowest BCUT2D eigenvalue weighted by molar-refractivity contribution is 0.0983. The number of halogens is 1. The number of nitrogen functional groups attached to an aromatic ring is 1. The highest BCUT2D eigenvalue weighted by molar-refractivity contribution is 6.07. The van der Waals surface area contributed by atoms with E-state index in [1.807, 2.05) is 12.1 Å². The molecule has 1 amide bonds. The van der Waals surface area contributed by atoms with Crippen molar-refractivity contribution in [3.05, 3.63) is 47.9 Å². The van der Waals surface area contributed by atoms with Crippen molar-refractivity contribution in [2.75, 3.05) is 23.8 Å². The number of fused-ring (bicyclic) bond motifs is 1. The van der Waals surface area contributed by atoms with Gasteiger partial charge < -0.3 is 15.4 Å². The van der Waals surface area contributed by atoms with Gasteiger partial charge in [-0.1, -0.05) is 12.1 Å². The number of carbonyl (C=O) groups is 1. The number of rotatable bonds is 1. The predicted molar refractivity (Wildman–Crippen MR) is 76.8 cm³/mol. The van der Waals surface area contributed by atoms with E-state index in [1.54, 1.807) is 12.1 Å². The molecule has 1 aromatic heterocycles. The predicted octanol–water partition coefficient (Wildman–Crippen LogP) is 2.23. The molecular formula is C15H14FN3O2. The first kappa shape index (κ1) is 13.4. The Balaban J connectivity index is 2.03. The fourth-order valence-electron chi connectivity index (χ4n) is 2.31. The zero-order valence-corrected chi connectivity index (χ0v) is 11.3. The number of pyridine rings is 1. The Bertz CT molecular complexity index is 690. The standard InChI is InChI=1S/C15H14FN3O2/c16-13-10(6-7-18-14(13)17)15(20)19-8-3-9-21-12-5-2-1-4-11(12)19/h1-2,4-7H,3,8-9H2,(H2,17,18). The van der Waals surface area contributed by atoms with E-state index >= 15 is 0 Å². The molecule has 0 radical (unpaired) electrons. The highest BCUT2D eigenvalue weighted by Crippen LogP contribution is 2.32. The van der Waals surface area contributed by atoms with Crippen LogP contribution in [0.4, 0.5) is 15.9 Å². The molecule has 0 unspecified atom stereocenters. The molecule has 2 heterocycles. The monoisotopic (exact) mass is 287 g/mol. The highest BCUT2D eigenvalue weighted by atomic mass is 19.1. The zero-order chi connectivity index (χ0) is 14.8. The van der Waals surface area contributed by atoms with E-state index in [4.69, 9.17) is 10.5 Å². The third-order valence-electron chi connectivity index (χ3n) is 3.33. The van der Waals surface area contributed by atoms with Crippen molar-refractivity contribution in [1.82, 2.24) is 4.98 Å². The van der Waals surface area contributed by atoms with Crippen LogP contribution in [0.25, 0.3) is 0 Å². The summed E-state index contributed by atoms with van der Waals surface area (Å²) in [5.41, 5.74) is 5.98. The molecule has 0 saturated carbocycles. The lowest BCUT2D eigenvalue weighted by Crippen LogP contribution is -2.32. The summed E-state index contributed by atoms with van der Waals surface area (Å²) in [5.74, 6) is -0.893. The third kappa shape index (κ3) is 2.40. The van der Waals surface area contributed by atoms with Crippen molar-refractivity contribution < 1.29 is 13.9 Å². The van der Waals surface area contributed by atoms with Gasteiger partial charge >= 0.3 is 0 Å². The maximum absolute atomic E-state index is 14.0. The summed E-state index contributed by atoms with van der Waals surface area (Å²) in [6, 6.07) is 8.55. The quantitative estimate of drug-likeness (QED) is 0.873. The summed E-state index contributed by atoms with van der Waals surface area (Å²) in [6.07, 6.45) is 1.99. The molecule has 0 atom stereocenters. The number of hydrogen-bond donors (Lipinski definition) is 1. The molecule has 108 valence electrons. The minimum Gasteiger partial charge on any atom is -0.491 e. The molecule has 0 saturated heterocycles. The summed E-state index contributed by atoms with van der Waals surface area (Å²) in [7, 11) is 0. The smallest absolute Gasteiger partial charge is 0.261 e. The van der Waals surface area contributed by atoms with E-state index in [1.165, 1.54) is 17.2 Å². The number of amides is 1. The largest absolute Gasteiger partial charge is 0.491 e. The molecule has 0 bridgehead atoms. The molecule has 3 rings (SSSR count). The van der Waals surface area contributed by atoms with E-state index in [2.05, 4.69) is 4.98 Å². The van der Waals surface area contributed by atoms with Crippen LogP contribution in [-0.4, -0.2) is 24.0 Å². The van der Waals surface area contributed by atoms with Gasteiger partial charge in [0, 0.05) is 12.7 Å². The van der Waals surface area contributed by atoms with Crippen molar-refractivity contribution in [2.24, 2.45) is 0 Å². The van der Waals surface area contributed by atoms with E-state index in [9.17, 15) is 9.18 Å². The molecule has 21 heavy (non-hydrogen) atoms. The number of ether oxygens (including phenoxy) is 1. The molecule has 1 aromatic carbocycles. The van der Waals surface area contributed by atoms with Crippen molar-refractivity contribution in [2.45, 2.75) is 6.42 Å². The van der Waals surface area contributed by atoms with Crippen molar-refractivity contribution in [3.63, 3.8) is 0 Å². The number of benzene rings is 1. The second kappa shape index (κ2) is 5.40. The van der Waals surface area contributed by atoms with Gasteiger partial charge in [0.1, 0.15) is 5.75 Å². The summed E-state index contributed by atoms with van der Waals surface area (Å²) in [5, 5.41) is 0. The maximum atomic E-state index is 14.0. The van der Waals surface area contributed by atoms with Crippen LogP contribution in [0.3, 0.4) is 0 Å². The molecule has 5 nitrogen and oxygen atoms in total. The van der Waals surface area contributed by atoms with Gasteiger partial charge in [-0.3, -0.25) is 4.79 Å². The average Bonchev–Trinajstić information content (AvgIpc) is 2.72. The molecule has 2 N–H and O–H groups in total. The van der Waals surface area contributed by atoms with Crippen LogP contribution in [0, 0.1) is 5.82 Å². The minimum absolute atomic E-state index is 0.0841. The minimum atomic E-state index is -0.787. The van der Waals surface area contributed by atoms with Crippen LogP contribution in [0.15, 0.2) is 36.5 Å². The van der Waals surface area contributed by atoms with Crippen molar-refractivity contribution in [1.29, 1.82) is 0 Å². The maximum Gasteiger partial charge on any atom is 0.261 e. The second-order valence-electron chi connectivity index (χ2n) is 4.68. The summed E-state index contributed by atoms with van der Waals surface area (Å²) < 4.78 is 19.6. The second-order valence-corrected chi connectivity index (χ2v) is 4.68. The van der Waals surface area contributed by atoms with Crippen LogP contribution in [0.2, 0.25) is 0 Å². The Morgan fingerprint density at radius 3 is 3.00 bits per heavy atom. The first-order valence-electron chi connectivity index (χ1n) is 6.62. The van der Waals surface area contributed by atoms with Crippen molar-refractivity contribution >= 4 is 17.4 Å². The van der Waals surface area contributed by atoms with Crippen LogP contribution < -0.4 is 15.4 Å². The topological polar surface area (TPSA) is 68.5 Å². The SMILES string of the molecule is Nc1nccc(C(=O)N2CCCOc3ccccc32)c1F. The average molecular weight is 287 g/mol. The molecule has 1 aliphatic heterocycles. The Kier molecular flexibility index (Phi) is 3.43. The molecule has 0 spiro atoms. The molecule has 6 heteroatoms. The zero-order valence-electron chi connectivity index (χ0n) is 11.3. The third-order valence-corrected chi connectivity index (χ3v) is 3.33. The van der Waals surface area contributed by atoms with Crippen LogP contribution in [-0.2, 0) is 0 Å². The number of nitrogens with zero attached hydrogens (tertiary/aromatic N) is 2. The van der Waals surface area contributed by atoms with E-state index in [-0.39, 0.29) is 11.4 Å². The fraction of sp³-hybridized carbons (Fsp3) is 0.200. The van der Waals surface area contributed by atoms with Gasteiger partial charge in [0.25, 0.3) is 5.91 Å². The lowest BCUT2D eigenvalue weighted by Gasteiger charge is -2.22. The van der Waals surface area contributed by atoms with Gasteiger partial charge in [0.2, 0.25) is 0 Å². The molecule has 0 fully saturated rings. The van der Waals surface area contributed by atoms with Crippen LogP contribution >= 0.6 is 0 Å². The van der Waals surface area contributed by atoms with Gasteiger partial charge in [0.05, 0.1) is 17.9 Å². The number of anilines is 2. The van der Waals surface area contributed by atoms with Gasteiger partial charge in [0.15, 0.2) is 11.6 Å². The molecule has 0 aliphatic carbocycles. The summed E-state index contributed by atoms with van der Waals surface area (Å²) in [6.45, 7) is 0.972. The van der Waals surface area contributed by atoms with E-state index in [0.717, 1.165) is 0 Å².